The third kappa shape index (κ3) is 3.98. The molecule has 1 atom stereocenters. The van der Waals surface area contributed by atoms with Crippen LogP contribution in [0.15, 0.2) is 16.7 Å². The lowest BCUT2D eigenvalue weighted by Gasteiger charge is -2.20. The van der Waals surface area contributed by atoms with E-state index in [9.17, 15) is 9.90 Å². The van der Waals surface area contributed by atoms with Crippen molar-refractivity contribution in [3.8, 4) is 0 Å². The Kier molecular flexibility index (Phi) is 4.89. The third-order valence-corrected chi connectivity index (χ3v) is 2.74. The molecule has 17 heavy (non-hydrogen) atoms. The van der Waals surface area contributed by atoms with Crippen LogP contribution in [0.2, 0.25) is 0 Å². The van der Waals surface area contributed by atoms with E-state index >= 15 is 0 Å². The molecule has 2 N–H and O–H groups in total. The van der Waals surface area contributed by atoms with Crippen LogP contribution < -0.4 is 4.90 Å². The summed E-state index contributed by atoms with van der Waals surface area (Å²) < 4.78 is 0.627. The van der Waals surface area contributed by atoms with Crippen LogP contribution in [-0.4, -0.2) is 40.9 Å². The number of aliphatic hydroxyl groups is 1. The molecule has 1 aromatic heterocycles. The summed E-state index contributed by atoms with van der Waals surface area (Å²) in [6, 6.07) is 1.52. The number of aromatic nitrogens is 1. The van der Waals surface area contributed by atoms with Crippen LogP contribution in [0.1, 0.15) is 23.7 Å². The van der Waals surface area contributed by atoms with Gasteiger partial charge in [0.1, 0.15) is 11.4 Å². The number of hydrogen-bond acceptors (Lipinski definition) is 4. The number of aliphatic hydroxyl groups excluding tert-OH is 1. The molecule has 1 unspecified atom stereocenters. The van der Waals surface area contributed by atoms with Gasteiger partial charge in [0.15, 0.2) is 0 Å². The number of aromatic carboxylic acids is 1. The first-order valence-corrected chi connectivity index (χ1v) is 5.99. The van der Waals surface area contributed by atoms with Gasteiger partial charge in [-0.25, -0.2) is 9.78 Å². The second-order valence-corrected chi connectivity index (χ2v) is 4.80. The van der Waals surface area contributed by atoms with Gasteiger partial charge in [0, 0.05) is 24.3 Å². The topological polar surface area (TPSA) is 73.7 Å². The molecule has 0 spiro atoms. The normalized spacial score (nSPS) is 12.2. The fourth-order valence-electron chi connectivity index (χ4n) is 1.38. The van der Waals surface area contributed by atoms with E-state index in [1.165, 1.54) is 6.07 Å². The van der Waals surface area contributed by atoms with Gasteiger partial charge < -0.3 is 15.1 Å². The number of rotatable bonds is 5. The molecule has 0 saturated carbocycles. The number of nitrogens with zero attached hydrogens (tertiary/aromatic N) is 2. The number of carboxylic acids is 1. The maximum absolute atomic E-state index is 11.1. The Morgan fingerprint density at radius 2 is 2.29 bits per heavy atom. The smallest absolute Gasteiger partial charge is 0.339 e. The maximum Gasteiger partial charge on any atom is 0.339 e. The van der Waals surface area contributed by atoms with Gasteiger partial charge in [0.25, 0.3) is 0 Å². The summed E-state index contributed by atoms with van der Waals surface area (Å²) in [4.78, 5) is 16.9. The van der Waals surface area contributed by atoms with Gasteiger partial charge >= 0.3 is 5.97 Å². The van der Waals surface area contributed by atoms with Crippen LogP contribution in [-0.2, 0) is 0 Å². The van der Waals surface area contributed by atoms with Crippen molar-refractivity contribution in [3.05, 3.63) is 22.3 Å². The second kappa shape index (κ2) is 5.97. The Bertz CT molecular complexity index is 410. The van der Waals surface area contributed by atoms with Crippen LogP contribution >= 0.6 is 15.9 Å². The zero-order valence-electron chi connectivity index (χ0n) is 9.72. The molecule has 0 fully saturated rings. The number of carboxylic acid groups (broad SMARTS) is 1. The summed E-state index contributed by atoms with van der Waals surface area (Å²) in [5.74, 6) is -0.612. The fourth-order valence-corrected chi connectivity index (χ4v) is 1.71. The largest absolute Gasteiger partial charge is 0.478 e. The van der Waals surface area contributed by atoms with E-state index in [1.807, 2.05) is 0 Å². The van der Waals surface area contributed by atoms with Gasteiger partial charge in [-0.15, -0.1) is 0 Å². The summed E-state index contributed by atoms with van der Waals surface area (Å²) in [6.07, 6.45) is 1.70. The maximum atomic E-state index is 11.1. The van der Waals surface area contributed by atoms with Gasteiger partial charge in [-0.1, -0.05) is 0 Å². The summed E-state index contributed by atoms with van der Waals surface area (Å²) >= 11 is 3.19. The van der Waals surface area contributed by atoms with Crippen molar-refractivity contribution < 1.29 is 15.0 Å². The number of carbonyl (C=O) groups is 1. The quantitative estimate of drug-likeness (QED) is 0.867. The van der Waals surface area contributed by atoms with Crippen LogP contribution in [0.4, 0.5) is 5.82 Å². The minimum atomic E-state index is -1.02. The molecule has 0 aliphatic rings. The van der Waals surface area contributed by atoms with E-state index in [1.54, 1.807) is 25.1 Å². The Morgan fingerprint density at radius 3 is 2.82 bits per heavy atom. The van der Waals surface area contributed by atoms with Crippen LogP contribution in [0.3, 0.4) is 0 Å². The SMILES string of the molecule is CC(O)CCN(C)c1ncc(Br)cc1C(=O)O. The predicted molar refractivity (Wildman–Crippen MR) is 68.5 cm³/mol. The minimum Gasteiger partial charge on any atom is -0.478 e. The number of halogens is 1. The third-order valence-electron chi connectivity index (χ3n) is 2.31. The van der Waals surface area contributed by atoms with Crippen molar-refractivity contribution in [1.82, 2.24) is 4.98 Å². The van der Waals surface area contributed by atoms with E-state index in [2.05, 4.69) is 20.9 Å². The van der Waals surface area contributed by atoms with Crippen LogP contribution in [0.5, 0.6) is 0 Å². The second-order valence-electron chi connectivity index (χ2n) is 3.89. The Hall–Kier alpha value is -1.14. The van der Waals surface area contributed by atoms with Gasteiger partial charge in [0.05, 0.1) is 6.10 Å². The molecule has 0 aliphatic heterocycles. The zero-order chi connectivity index (χ0) is 13.0. The molecule has 94 valence electrons. The molecule has 0 radical (unpaired) electrons. The monoisotopic (exact) mass is 302 g/mol. The molecule has 0 saturated heterocycles. The first kappa shape index (κ1) is 13.9. The minimum absolute atomic E-state index is 0.146. The van der Waals surface area contributed by atoms with Crippen LogP contribution in [0, 0.1) is 0 Å². The van der Waals surface area contributed by atoms with Crippen molar-refractivity contribution in [2.75, 3.05) is 18.5 Å². The highest BCUT2D eigenvalue weighted by Gasteiger charge is 2.15. The van der Waals surface area contributed by atoms with E-state index in [0.717, 1.165) is 0 Å². The predicted octanol–water partition coefficient (Wildman–Crippen LogP) is 1.75. The van der Waals surface area contributed by atoms with E-state index in [4.69, 9.17) is 5.11 Å². The van der Waals surface area contributed by atoms with Crippen molar-refractivity contribution in [2.24, 2.45) is 0 Å². The van der Waals surface area contributed by atoms with E-state index < -0.39 is 12.1 Å². The first-order valence-electron chi connectivity index (χ1n) is 5.20. The molecule has 0 aromatic carbocycles. The molecule has 0 amide bonds. The standard InChI is InChI=1S/C11H15BrN2O3/c1-7(15)3-4-14(2)10-9(11(16)17)5-8(12)6-13-10/h5-7,15H,3-4H2,1-2H3,(H,16,17). The lowest BCUT2D eigenvalue weighted by atomic mass is 10.2. The molecule has 1 aromatic rings. The van der Waals surface area contributed by atoms with Gasteiger partial charge in [-0.3, -0.25) is 0 Å². The fraction of sp³-hybridized carbons (Fsp3) is 0.455. The average Bonchev–Trinajstić information content (AvgIpc) is 2.25. The van der Waals surface area contributed by atoms with E-state index in [0.29, 0.717) is 23.3 Å². The zero-order valence-corrected chi connectivity index (χ0v) is 11.3. The Morgan fingerprint density at radius 1 is 1.65 bits per heavy atom. The number of anilines is 1. The van der Waals surface area contributed by atoms with Crippen molar-refractivity contribution in [3.63, 3.8) is 0 Å². The highest BCUT2D eigenvalue weighted by Crippen LogP contribution is 2.21. The summed E-state index contributed by atoms with van der Waals surface area (Å²) in [5, 5.41) is 18.3. The number of hydrogen-bond donors (Lipinski definition) is 2. The molecule has 6 heteroatoms. The average molecular weight is 303 g/mol. The first-order chi connectivity index (χ1) is 7.91. The summed E-state index contributed by atoms with van der Waals surface area (Å²) in [5.41, 5.74) is 0.146. The molecule has 1 heterocycles. The van der Waals surface area contributed by atoms with Gasteiger partial charge in [0.2, 0.25) is 0 Å². The van der Waals surface area contributed by atoms with E-state index in [-0.39, 0.29) is 5.56 Å². The highest BCUT2D eigenvalue weighted by atomic mass is 79.9. The lowest BCUT2D eigenvalue weighted by Crippen LogP contribution is -2.24. The van der Waals surface area contributed by atoms with Crippen molar-refractivity contribution >= 4 is 27.7 Å². The summed E-state index contributed by atoms with van der Waals surface area (Å²) in [7, 11) is 1.76. The lowest BCUT2D eigenvalue weighted by molar-refractivity contribution is 0.0697. The van der Waals surface area contributed by atoms with Gasteiger partial charge in [-0.2, -0.15) is 0 Å². The van der Waals surface area contributed by atoms with Gasteiger partial charge in [-0.05, 0) is 35.3 Å². The highest BCUT2D eigenvalue weighted by molar-refractivity contribution is 9.10. The van der Waals surface area contributed by atoms with Crippen molar-refractivity contribution in [2.45, 2.75) is 19.4 Å². The summed E-state index contributed by atoms with van der Waals surface area (Å²) in [6.45, 7) is 2.24. The molecule has 5 nitrogen and oxygen atoms in total. The molecule has 0 bridgehead atoms. The number of pyridine rings is 1. The molecular weight excluding hydrogens is 288 g/mol. The molecule has 0 aliphatic carbocycles. The van der Waals surface area contributed by atoms with Crippen molar-refractivity contribution in [1.29, 1.82) is 0 Å². The molecular formula is C11H15BrN2O3. The Labute approximate surface area is 108 Å². The molecule has 1 rings (SSSR count). The van der Waals surface area contributed by atoms with Crippen LogP contribution in [0.25, 0.3) is 0 Å². The Balaban J connectivity index is 2.92.